The number of hydrogen-bond acceptors (Lipinski definition) is 4. The quantitative estimate of drug-likeness (QED) is 0.673. The van der Waals surface area contributed by atoms with Crippen LogP contribution < -0.4 is 5.32 Å². The lowest BCUT2D eigenvalue weighted by Crippen LogP contribution is -2.32. The molecule has 1 rings (SSSR count). The fourth-order valence-electron chi connectivity index (χ4n) is 1.47. The molecule has 0 saturated carbocycles. The Balaban J connectivity index is 2.67. The Labute approximate surface area is 128 Å². The molecule has 118 valence electrons. The van der Waals surface area contributed by atoms with Gasteiger partial charge in [0, 0.05) is 5.56 Å². The summed E-state index contributed by atoms with van der Waals surface area (Å²) in [5, 5.41) is 2.45. The summed E-state index contributed by atoms with van der Waals surface area (Å²) in [5.41, 5.74) is -0.201. The molecule has 1 amide bonds. The first kappa shape index (κ1) is 17.5. The number of ether oxygens (including phenoxy) is 2. The van der Waals surface area contributed by atoms with Gasteiger partial charge in [0.15, 0.2) is 0 Å². The third-order valence-electron chi connectivity index (χ3n) is 2.27. The van der Waals surface area contributed by atoms with E-state index in [4.69, 9.17) is 4.74 Å². The van der Waals surface area contributed by atoms with Gasteiger partial charge in [0.05, 0.1) is 19.2 Å². The molecular weight excluding hydrogens is 289 g/mol. The van der Waals surface area contributed by atoms with E-state index in [1.807, 2.05) is 0 Å². The number of benzene rings is 1. The van der Waals surface area contributed by atoms with Crippen molar-refractivity contribution in [3.8, 4) is 11.8 Å². The molecule has 0 unspecified atom stereocenters. The van der Waals surface area contributed by atoms with Crippen LogP contribution in [-0.4, -0.2) is 31.3 Å². The smallest absolute Gasteiger partial charge is 0.408 e. The molecule has 0 bridgehead atoms. The van der Waals surface area contributed by atoms with Crippen LogP contribution in [0.25, 0.3) is 0 Å². The summed E-state index contributed by atoms with van der Waals surface area (Å²) in [6.45, 7) is 5.29. The minimum Gasteiger partial charge on any atom is -0.465 e. The first-order valence-corrected chi connectivity index (χ1v) is 6.56. The molecule has 0 heterocycles. The van der Waals surface area contributed by atoms with Gasteiger partial charge in [-0.25, -0.2) is 14.0 Å². The van der Waals surface area contributed by atoms with E-state index in [2.05, 4.69) is 21.9 Å². The average molecular weight is 307 g/mol. The summed E-state index contributed by atoms with van der Waals surface area (Å²) >= 11 is 0. The molecule has 0 aliphatic carbocycles. The van der Waals surface area contributed by atoms with Crippen molar-refractivity contribution >= 4 is 12.1 Å². The molecule has 0 atom stereocenters. The molecule has 0 fully saturated rings. The summed E-state index contributed by atoms with van der Waals surface area (Å²) in [5.74, 6) is 4.07. The fourth-order valence-corrected chi connectivity index (χ4v) is 1.47. The SMILES string of the molecule is COC(=O)c1cc(F)cc(C#CCNC(=O)OC(C)(C)C)c1. The summed E-state index contributed by atoms with van der Waals surface area (Å²) in [4.78, 5) is 22.7. The molecule has 22 heavy (non-hydrogen) atoms. The van der Waals surface area contributed by atoms with Gasteiger partial charge in [-0.3, -0.25) is 0 Å². The van der Waals surface area contributed by atoms with Gasteiger partial charge in [0.2, 0.25) is 0 Å². The van der Waals surface area contributed by atoms with Crippen molar-refractivity contribution < 1.29 is 23.5 Å². The molecule has 1 aromatic rings. The van der Waals surface area contributed by atoms with Crippen LogP contribution in [0.4, 0.5) is 9.18 Å². The number of amides is 1. The number of halogens is 1. The van der Waals surface area contributed by atoms with Gasteiger partial charge >= 0.3 is 12.1 Å². The van der Waals surface area contributed by atoms with Gasteiger partial charge in [-0.15, -0.1) is 0 Å². The van der Waals surface area contributed by atoms with Crippen LogP contribution in [0.2, 0.25) is 0 Å². The van der Waals surface area contributed by atoms with E-state index in [0.717, 1.165) is 6.07 Å². The zero-order chi connectivity index (χ0) is 16.8. The molecule has 6 heteroatoms. The van der Waals surface area contributed by atoms with Crippen LogP contribution in [-0.2, 0) is 9.47 Å². The monoisotopic (exact) mass is 307 g/mol. The molecule has 0 aliphatic heterocycles. The Kier molecular flexibility index (Phi) is 5.93. The lowest BCUT2D eigenvalue weighted by Gasteiger charge is -2.18. The third-order valence-corrected chi connectivity index (χ3v) is 2.27. The topological polar surface area (TPSA) is 64.6 Å². The molecule has 1 aromatic carbocycles. The van der Waals surface area contributed by atoms with Gasteiger partial charge in [0.25, 0.3) is 0 Å². The van der Waals surface area contributed by atoms with E-state index in [0.29, 0.717) is 5.56 Å². The predicted octanol–water partition coefficient (Wildman–Crippen LogP) is 2.49. The Morgan fingerprint density at radius 2 is 1.95 bits per heavy atom. The zero-order valence-corrected chi connectivity index (χ0v) is 13.0. The zero-order valence-electron chi connectivity index (χ0n) is 13.0. The van der Waals surface area contributed by atoms with Crippen LogP contribution in [0, 0.1) is 17.7 Å². The normalized spacial score (nSPS) is 10.2. The molecule has 0 radical (unpaired) electrons. The number of esters is 1. The Morgan fingerprint density at radius 1 is 1.27 bits per heavy atom. The maximum atomic E-state index is 13.4. The van der Waals surface area contributed by atoms with Gasteiger partial charge < -0.3 is 14.8 Å². The van der Waals surface area contributed by atoms with E-state index in [1.54, 1.807) is 20.8 Å². The minimum atomic E-state index is -0.644. The van der Waals surface area contributed by atoms with Crippen LogP contribution in [0.3, 0.4) is 0 Å². The van der Waals surface area contributed by atoms with E-state index in [1.165, 1.54) is 19.2 Å². The van der Waals surface area contributed by atoms with E-state index in [-0.39, 0.29) is 12.1 Å². The second-order valence-electron chi connectivity index (χ2n) is 5.38. The molecule has 0 spiro atoms. The van der Waals surface area contributed by atoms with Gasteiger partial charge in [-0.05, 0) is 39.0 Å². The Morgan fingerprint density at radius 3 is 2.55 bits per heavy atom. The molecule has 1 N–H and O–H groups in total. The number of methoxy groups -OCH3 is 1. The summed E-state index contributed by atoms with van der Waals surface area (Å²) < 4.78 is 22.9. The van der Waals surface area contributed by atoms with Gasteiger partial charge in [0.1, 0.15) is 11.4 Å². The number of rotatable bonds is 2. The predicted molar refractivity (Wildman–Crippen MR) is 78.9 cm³/mol. The second-order valence-corrected chi connectivity index (χ2v) is 5.38. The standard InChI is InChI=1S/C16H18FNO4/c1-16(2,3)22-15(20)18-7-5-6-11-8-12(14(19)21-4)10-13(17)9-11/h8-10H,7H2,1-4H3,(H,18,20). The van der Waals surface area contributed by atoms with Crippen molar-refractivity contribution in [2.45, 2.75) is 26.4 Å². The Bertz CT molecular complexity index is 623. The minimum absolute atomic E-state index is 0.0407. The lowest BCUT2D eigenvalue weighted by atomic mass is 10.1. The highest BCUT2D eigenvalue weighted by molar-refractivity contribution is 5.89. The third kappa shape index (κ3) is 6.27. The van der Waals surface area contributed by atoms with Crippen molar-refractivity contribution in [1.82, 2.24) is 5.32 Å². The first-order chi connectivity index (χ1) is 10.2. The number of carbonyl (C=O) groups is 2. The average Bonchev–Trinajstić information content (AvgIpc) is 2.40. The maximum absolute atomic E-state index is 13.4. The van der Waals surface area contributed by atoms with Crippen molar-refractivity contribution in [2.75, 3.05) is 13.7 Å². The van der Waals surface area contributed by atoms with E-state index < -0.39 is 23.5 Å². The van der Waals surface area contributed by atoms with Crippen molar-refractivity contribution in [3.63, 3.8) is 0 Å². The van der Waals surface area contributed by atoms with Crippen molar-refractivity contribution in [1.29, 1.82) is 0 Å². The molecule has 0 aliphatic rings. The van der Waals surface area contributed by atoms with Crippen LogP contribution in [0.5, 0.6) is 0 Å². The highest BCUT2D eigenvalue weighted by atomic mass is 19.1. The highest BCUT2D eigenvalue weighted by Gasteiger charge is 2.15. The number of hydrogen-bond donors (Lipinski definition) is 1. The number of nitrogens with one attached hydrogen (secondary N) is 1. The van der Waals surface area contributed by atoms with Gasteiger partial charge in [-0.1, -0.05) is 11.8 Å². The fraction of sp³-hybridized carbons (Fsp3) is 0.375. The van der Waals surface area contributed by atoms with Crippen LogP contribution in [0.15, 0.2) is 18.2 Å². The number of alkyl carbamates (subject to hydrolysis) is 1. The Hall–Kier alpha value is -2.55. The van der Waals surface area contributed by atoms with Crippen molar-refractivity contribution in [3.05, 3.63) is 35.1 Å². The van der Waals surface area contributed by atoms with Crippen LogP contribution in [0.1, 0.15) is 36.7 Å². The van der Waals surface area contributed by atoms with E-state index >= 15 is 0 Å². The van der Waals surface area contributed by atoms with Crippen molar-refractivity contribution in [2.24, 2.45) is 0 Å². The van der Waals surface area contributed by atoms with E-state index in [9.17, 15) is 14.0 Å². The first-order valence-electron chi connectivity index (χ1n) is 6.56. The molecule has 0 saturated heterocycles. The summed E-state index contributed by atoms with van der Waals surface area (Å²) in [7, 11) is 1.21. The maximum Gasteiger partial charge on any atom is 0.408 e. The van der Waals surface area contributed by atoms with Gasteiger partial charge in [-0.2, -0.15) is 0 Å². The molecule has 5 nitrogen and oxygen atoms in total. The van der Waals surface area contributed by atoms with Crippen LogP contribution >= 0.6 is 0 Å². The molecular formula is C16H18FNO4. The lowest BCUT2D eigenvalue weighted by molar-refractivity contribution is 0.0533. The second kappa shape index (κ2) is 7.46. The largest absolute Gasteiger partial charge is 0.465 e. The summed E-state index contributed by atoms with van der Waals surface area (Å²) in [6, 6.07) is 3.66. The number of carbonyl (C=O) groups excluding carboxylic acids is 2. The molecule has 0 aromatic heterocycles. The highest BCUT2D eigenvalue weighted by Crippen LogP contribution is 2.09. The summed E-state index contributed by atoms with van der Waals surface area (Å²) in [6.07, 6.45) is -0.587.